The smallest absolute Gasteiger partial charge is 0.207 e. The summed E-state index contributed by atoms with van der Waals surface area (Å²) in [5.74, 6) is 10.0. The molecule has 30 heavy (non-hydrogen) atoms. The standard InChI is InChI=1S/C25H26N4O/c1-30-23-5-3-2-4-20(23)18-12-14-29(15-13-18)25-21-16-19(26)9-10-22(21)27-24(28-25)11-8-17-6-7-17/h2-5,9-10,16-18H,6-7,12-15,26H2,1H3. The van der Waals surface area contributed by atoms with Crippen LogP contribution in [0.5, 0.6) is 5.75 Å². The minimum atomic E-state index is 0.490. The van der Waals surface area contributed by atoms with E-state index < -0.39 is 0 Å². The molecule has 2 aliphatic rings. The van der Waals surface area contributed by atoms with Crippen LogP contribution in [0.15, 0.2) is 42.5 Å². The number of hydrogen-bond donors (Lipinski definition) is 1. The number of fused-ring (bicyclic) bond motifs is 1. The Hall–Kier alpha value is -3.26. The number of benzene rings is 2. The van der Waals surface area contributed by atoms with Crippen LogP contribution in [-0.4, -0.2) is 30.2 Å². The first-order chi connectivity index (χ1) is 14.7. The molecule has 0 spiro atoms. The molecule has 2 fully saturated rings. The fourth-order valence-corrected chi connectivity index (χ4v) is 4.23. The van der Waals surface area contributed by atoms with Gasteiger partial charge in [0.2, 0.25) is 5.82 Å². The van der Waals surface area contributed by atoms with E-state index in [4.69, 9.17) is 15.5 Å². The van der Waals surface area contributed by atoms with E-state index in [2.05, 4.69) is 33.9 Å². The van der Waals surface area contributed by atoms with Crippen LogP contribution in [0.25, 0.3) is 10.9 Å². The number of ether oxygens (including phenoxy) is 1. The molecule has 1 aliphatic heterocycles. The summed E-state index contributed by atoms with van der Waals surface area (Å²) in [6, 6.07) is 14.2. The van der Waals surface area contributed by atoms with E-state index in [9.17, 15) is 0 Å². The van der Waals surface area contributed by atoms with Crippen LogP contribution in [0.2, 0.25) is 0 Å². The van der Waals surface area contributed by atoms with Gasteiger partial charge < -0.3 is 15.4 Å². The van der Waals surface area contributed by atoms with Gasteiger partial charge in [-0.3, -0.25) is 0 Å². The number of piperidine rings is 1. The molecule has 3 aromatic rings. The van der Waals surface area contributed by atoms with Crippen LogP contribution >= 0.6 is 0 Å². The van der Waals surface area contributed by atoms with Crippen molar-refractivity contribution in [1.82, 2.24) is 9.97 Å². The molecule has 2 heterocycles. The van der Waals surface area contributed by atoms with Gasteiger partial charge in [-0.05, 0) is 67.4 Å². The molecule has 1 saturated heterocycles. The number of methoxy groups -OCH3 is 1. The van der Waals surface area contributed by atoms with Gasteiger partial charge in [-0.15, -0.1) is 0 Å². The summed E-state index contributed by atoms with van der Waals surface area (Å²) in [6.07, 6.45) is 4.50. The minimum absolute atomic E-state index is 0.490. The van der Waals surface area contributed by atoms with Crippen molar-refractivity contribution in [3.8, 4) is 17.6 Å². The van der Waals surface area contributed by atoms with Gasteiger partial charge in [0.1, 0.15) is 11.6 Å². The fraction of sp³-hybridized carbons (Fsp3) is 0.360. The highest BCUT2D eigenvalue weighted by Crippen LogP contribution is 2.36. The fourth-order valence-electron chi connectivity index (χ4n) is 4.23. The molecule has 1 saturated carbocycles. The Bertz CT molecular complexity index is 1130. The average Bonchev–Trinajstić information content (AvgIpc) is 3.62. The number of para-hydroxylation sites is 1. The summed E-state index contributed by atoms with van der Waals surface area (Å²) in [6.45, 7) is 1.86. The SMILES string of the molecule is COc1ccccc1C1CCN(c2nc(C#CC3CC3)nc3ccc(N)cc23)CC1. The molecule has 1 aliphatic carbocycles. The minimum Gasteiger partial charge on any atom is -0.496 e. The van der Waals surface area contributed by atoms with E-state index in [-0.39, 0.29) is 0 Å². The summed E-state index contributed by atoms with van der Waals surface area (Å²) in [5, 5.41) is 1.00. The highest BCUT2D eigenvalue weighted by molar-refractivity contribution is 5.92. The third-order valence-electron chi connectivity index (χ3n) is 6.04. The maximum absolute atomic E-state index is 6.08. The summed E-state index contributed by atoms with van der Waals surface area (Å²) >= 11 is 0. The summed E-state index contributed by atoms with van der Waals surface area (Å²) in [4.78, 5) is 11.9. The highest BCUT2D eigenvalue weighted by Gasteiger charge is 2.25. The Balaban J connectivity index is 1.44. The first-order valence-corrected chi connectivity index (χ1v) is 10.7. The lowest BCUT2D eigenvalue weighted by atomic mass is 9.88. The monoisotopic (exact) mass is 398 g/mol. The first kappa shape index (κ1) is 18.7. The van der Waals surface area contributed by atoms with E-state index in [0.29, 0.717) is 17.7 Å². The predicted octanol–water partition coefficient (Wildman–Crippen LogP) is 4.37. The highest BCUT2D eigenvalue weighted by atomic mass is 16.5. The normalized spacial score (nSPS) is 16.9. The molecular formula is C25H26N4O. The second-order valence-electron chi connectivity index (χ2n) is 8.19. The summed E-state index contributed by atoms with van der Waals surface area (Å²) < 4.78 is 5.58. The number of hydrogen-bond acceptors (Lipinski definition) is 5. The van der Waals surface area contributed by atoms with Gasteiger partial charge in [0.15, 0.2) is 0 Å². The quantitative estimate of drug-likeness (QED) is 0.524. The van der Waals surface area contributed by atoms with Gasteiger partial charge in [0.05, 0.1) is 12.6 Å². The molecule has 5 nitrogen and oxygen atoms in total. The topological polar surface area (TPSA) is 64.3 Å². The number of aromatic nitrogens is 2. The number of nitrogens with zero attached hydrogens (tertiary/aromatic N) is 3. The number of nitrogens with two attached hydrogens (primary N) is 1. The lowest BCUT2D eigenvalue weighted by molar-refractivity contribution is 0.397. The molecule has 5 rings (SSSR count). The third kappa shape index (κ3) is 3.78. The molecule has 0 amide bonds. The van der Waals surface area contributed by atoms with Crippen LogP contribution in [0.1, 0.15) is 43.0 Å². The second kappa shape index (κ2) is 7.87. The van der Waals surface area contributed by atoms with E-state index in [1.54, 1.807) is 7.11 Å². The molecule has 0 bridgehead atoms. The number of anilines is 2. The van der Waals surface area contributed by atoms with Crippen molar-refractivity contribution < 1.29 is 4.74 Å². The zero-order valence-electron chi connectivity index (χ0n) is 17.3. The molecule has 0 unspecified atom stereocenters. The van der Waals surface area contributed by atoms with Gasteiger partial charge in [-0.1, -0.05) is 24.1 Å². The van der Waals surface area contributed by atoms with Crippen LogP contribution in [0.3, 0.4) is 0 Å². The Morgan fingerprint density at radius 3 is 2.60 bits per heavy atom. The van der Waals surface area contributed by atoms with Gasteiger partial charge >= 0.3 is 0 Å². The van der Waals surface area contributed by atoms with Gasteiger partial charge in [0, 0.05) is 30.1 Å². The van der Waals surface area contributed by atoms with Crippen molar-refractivity contribution >= 4 is 22.4 Å². The first-order valence-electron chi connectivity index (χ1n) is 10.7. The van der Waals surface area contributed by atoms with E-state index in [0.717, 1.165) is 54.1 Å². The lowest BCUT2D eigenvalue weighted by Gasteiger charge is -2.34. The lowest BCUT2D eigenvalue weighted by Crippen LogP contribution is -2.34. The molecule has 152 valence electrons. The van der Waals surface area contributed by atoms with E-state index >= 15 is 0 Å². The molecular weight excluding hydrogens is 372 g/mol. The van der Waals surface area contributed by atoms with Crippen molar-refractivity contribution in [1.29, 1.82) is 0 Å². The molecule has 1 aromatic heterocycles. The maximum Gasteiger partial charge on any atom is 0.207 e. The third-order valence-corrected chi connectivity index (χ3v) is 6.04. The van der Waals surface area contributed by atoms with E-state index in [1.165, 1.54) is 18.4 Å². The van der Waals surface area contributed by atoms with Crippen molar-refractivity contribution in [2.45, 2.75) is 31.6 Å². The molecule has 0 atom stereocenters. The van der Waals surface area contributed by atoms with Gasteiger partial charge in [0.25, 0.3) is 0 Å². The Labute approximate surface area is 177 Å². The largest absolute Gasteiger partial charge is 0.496 e. The number of nitrogen functional groups attached to an aromatic ring is 1. The average molecular weight is 399 g/mol. The van der Waals surface area contributed by atoms with Crippen molar-refractivity contribution in [2.75, 3.05) is 30.8 Å². The zero-order valence-corrected chi connectivity index (χ0v) is 17.3. The predicted molar refractivity (Wildman–Crippen MR) is 121 cm³/mol. The van der Waals surface area contributed by atoms with Gasteiger partial charge in [-0.25, -0.2) is 9.97 Å². The van der Waals surface area contributed by atoms with Crippen LogP contribution in [0.4, 0.5) is 11.5 Å². The number of rotatable bonds is 3. The van der Waals surface area contributed by atoms with Gasteiger partial charge in [-0.2, -0.15) is 0 Å². The maximum atomic E-state index is 6.08. The Morgan fingerprint density at radius 2 is 1.83 bits per heavy atom. The van der Waals surface area contributed by atoms with E-state index in [1.807, 2.05) is 30.3 Å². The van der Waals surface area contributed by atoms with Crippen molar-refractivity contribution in [2.24, 2.45) is 5.92 Å². The van der Waals surface area contributed by atoms with Crippen molar-refractivity contribution in [3.63, 3.8) is 0 Å². The Morgan fingerprint density at radius 1 is 1.03 bits per heavy atom. The molecule has 5 heteroatoms. The molecule has 2 aromatic carbocycles. The molecule has 2 N–H and O–H groups in total. The van der Waals surface area contributed by atoms with Crippen LogP contribution < -0.4 is 15.4 Å². The Kier molecular flexibility index (Phi) is 4.92. The molecule has 0 radical (unpaired) electrons. The zero-order chi connectivity index (χ0) is 20.5. The van der Waals surface area contributed by atoms with Crippen LogP contribution in [-0.2, 0) is 0 Å². The van der Waals surface area contributed by atoms with Crippen LogP contribution in [0, 0.1) is 17.8 Å². The summed E-state index contributed by atoms with van der Waals surface area (Å²) in [7, 11) is 1.75. The van der Waals surface area contributed by atoms with Crippen molar-refractivity contribution in [3.05, 3.63) is 53.9 Å². The summed E-state index contributed by atoms with van der Waals surface area (Å²) in [5.41, 5.74) is 9.01. The second-order valence-corrected chi connectivity index (χ2v) is 8.19.